The molecule has 0 saturated carbocycles. The summed E-state index contributed by atoms with van der Waals surface area (Å²) in [6.07, 6.45) is 5.27. The van der Waals surface area contributed by atoms with E-state index in [2.05, 4.69) is 22.9 Å². The van der Waals surface area contributed by atoms with E-state index in [-0.39, 0.29) is 0 Å². The quantitative estimate of drug-likeness (QED) is 0.727. The third-order valence-corrected chi connectivity index (χ3v) is 2.75. The molecule has 1 rings (SSSR count). The Kier molecular flexibility index (Phi) is 4.32. The van der Waals surface area contributed by atoms with Crippen LogP contribution in [-0.2, 0) is 13.5 Å². The van der Waals surface area contributed by atoms with E-state index < -0.39 is 0 Å². The molecule has 0 aliphatic heterocycles. The Hall–Kier alpha value is -1.34. The van der Waals surface area contributed by atoms with E-state index in [1.165, 1.54) is 0 Å². The Morgan fingerprint density at radius 2 is 2.40 bits per heavy atom. The lowest BCUT2D eigenvalue weighted by Gasteiger charge is -2.22. The smallest absolute Gasteiger partial charge is 0.109 e. The van der Waals surface area contributed by atoms with Crippen LogP contribution in [0.3, 0.4) is 0 Å². The largest absolute Gasteiger partial charge is 0.338 e. The van der Waals surface area contributed by atoms with Gasteiger partial charge in [0.25, 0.3) is 0 Å². The molecule has 0 aliphatic carbocycles. The van der Waals surface area contributed by atoms with Crippen LogP contribution < -0.4 is 0 Å². The lowest BCUT2D eigenvalue weighted by molar-refractivity contribution is 0.261. The van der Waals surface area contributed by atoms with Gasteiger partial charge in [0.2, 0.25) is 0 Å². The fraction of sp³-hybridized carbons (Fsp3) is 0.636. The van der Waals surface area contributed by atoms with Crippen LogP contribution in [0.2, 0.25) is 0 Å². The molecule has 0 saturated heterocycles. The van der Waals surface area contributed by atoms with Gasteiger partial charge in [0.15, 0.2) is 0 Å². The maximum absolute atomic E-state index is 8.59. The predicted octanol–water partition coefficient (Wildman–Crippen LogP) is 1.20. The Morgan fingerprint density at radius 3 is 2.93 bits per heavy atom. The Bertz CT molecular complexity index is 337. The van der Waals surface area contributed by atoms with Gasteiger partial charge in [-0.2, -0.15) is 5.26 Å². The zero-order valence-electron chi connectivity index (χ0n) is 9.64. The monoisotopic (exact) mass is 206 g/mol. The van der Waals surface area contributed by atoms with E-state index in [0.29, 0.717) is 12.5 Å². The first-order chi connectivity index (χ1) is 7.15. The van der Waals surface area contributed by atoms with E-state index in [1.54, 1.807) is 0 Å². The van der Waals surface area contributed by atoms with Crippen molar-refractivity contribution >= 4 is 0 Å². The number of hydrogen-bond acceptors (Lipinski definition) is 3. The van der Waals surface area contributed by atoms with Gasteiger partial charge < -0.3 is 9.47 Å². The summed E-state index contributed by atoms with van der Waals surface area (Å²) in [4.78, 5) is 6.46. The molecule has 1 aromatic heterocycles. The van der Waals surface area contributed by atoms with Crippen molar-refractivity contribution in [3.8, 4) is 6.07 Å². The summed E-state index contributed by atoms with van der Waals surface area (Å²) in [6, 6.07) is 2.51. The third-order valence-electron chi connectivity index (χ3n) is 2.75. The van der Waals surface area contributed by atoms with Crippen molar-refractivity contribution in [2.75, 3.05) is 13.6 Å². The average Bonchev–Trinajstić information content (AvgIpc) is 2.61. The van der Waals surface area contributed by atoms with Gasteiger partial charge in [-0.1, -0.05) is 0 Å². The van der Waals surface area contributed by atoms with Gasteiger partial charge in [-0.15, -0.1) is 0 Å². The summed E-state index contributed by atoms with van der Waals surface area (Å²) in [5.41, 5.74) is 0. The minimum atomic E-state index is 0.315. The van der Waals surface area contributed by atoms with Crippen LogP contribution >= 0.6 is 0 Å². The van der Waals surface area contributed by atoms with E-state index >= 15 is 0 Å². The summed E-state index contributed by atoms with van der Waals surface area (Å²) < 4.78 is 2.03. The van der Waals surface area contributed by atoms with E-state index in [4.69, 9.17) is 5.26 Å². The van der Waals surface area contributed by atoms with Gasteiger partial charge in [0.1, 0.15) is 5.82 Å². The molecule has 0 fully saturated rings. The molecule has 1 atom stereocenters. The molecule has 0 radical (unpaired) electrons. The lowest BCUT2D eigenvalue weighted by Crippen LogP contribution is -2.31. The van der Waals surface area contributed by atoms with E-state index in [9.17, 15) is 0 Å². The maximum atomic E-state index is 8.59. The van der Waals surface area contributed by atoms with Gasteiger partial charge in [-0.25, -0.2) is 4.98 Å². The molecule has 1 aromatic rings. The SMILES string of the molecule is CC(CC#N)N(C)CCc1nccn1C. The van der Waals surface area contributed by atoms with Gasteiger partial charge >= 0.3 is 0 Å². The van der Waals surface area contributed by atoms with Crippen molar-refractivity contribution in [1.29, 1.82) is 5.26 Å². The molecule has 0 bridgehead atoms. The minimum Gasteiger partial charge on any atom is -0.338 e. The molecule has 82 valence electrons. The second kappa shape index (κ2) is 5.52. The number of rotatable bonds is 5. The van der Waals surface area contributed by atoms with Crippen LogP contribution in [0.15, 0.2) is 12.4 Å². The van der Waals surface area contributed by atoms with Crippen molar-refractivity contribution in [2.45, 2.75) is 25.8 Å². The molecule has 4 heteroatoms. The molecule has 0 aromatic carbocycles. The normalized spacial score (nSPS) is 12.7. The van der Waals surface area contributed by atoms with Crippen molar-refractivity contribution in [3.05, 3.63) is 18.2 Å². The maximum Gasteiger partial charge on any atom is 0.109 e. The Labute approximate surface area is 91.1 Å². The molecule has 0 aliphatic rings. The summed E-state index contributed by atoms with van der Waals surface area (Å²) in [5, 5.41) is 8.59. The van der Waals surface area contributed by atoms with Crippen molar-refractivity contribution in [2.24, 2.45) is 7.05 Å². The summed E-state index contributed by atoms with van der Waals surface area (Å²) >= 11 is 0. The van der Waals surface area contributed by atoms with Crippen LogP contribution in [0.4, 0.5) is 0 Å². The summed E-state index contributed by atoms with van der Waals surface area (Å²) in [6.45, 7) is 3.01. The molecule has 15 heavy (non-hydrogen) atoms. The Morgan fingerprint density at radius 1 is 1.67 bits per heavy atom. The number of aryl methyl sites for hydroxylation is 1. The number of nitrogens with zero attached hydrogens (tertiary/aromatic N) is 4. The van der Waals surface area contributed by atoms with Crippen LogP contribution in [0.25, 0.3) is 0 Å². The average molecular weight is 206 g/mol. The highest BCUT2D eigenvalue weighted by Crippen LogP contribution is 2.02. The number of likely N-dealkylation sites (N-methyl/N-ethyl adjacent to an activating group) is 1. The number of hydrogen-bond donors (Lipinski definition) is 0. The summed E-state index contributed by atoms with van der Waals surface area (Å²) in [7, 11) is 4.05. The van der Waals surface area contributed by atoms with Gasteiger partial charge in [0.05, 0.1) is 12.5 Å². The number of imidazole rings is 1. The molecule has 0 N–H and O–H groups in total. The molecule has 0 amide bonds. The van der Waals surface area contributed by atoms with Gasteiger partial charge in [0, 0.05) is 38.4 Å². The van der Waals surface area contributed by atoms with Crippen LogP contribution in [0.5, 0.6) is 0 Å². The second-order valence-corrected chi connectivity index (χ2v) is 3.90. The highest BCUT2D eigenvalue weighted by Gasteiger charge is 2.09. The van der Waals surface area contributed by atoms with Crippen molar-refractivity contribution in [3.63, 3.8) is 0 Å². The summed E-state index contributed by atoms with van der Waals surface area (Å²) in [5.74, 6) is 1.09. The topological polar surface area (TPSA) is 44.9 Å². The van der Waals surface area contributed by atoms with Crippen LogP contribution in [0.1, 0.15) is 19.2 Å². The fourth-order valence-corrected chi connectivity index (χ4v) is 1.42. The van der Waals surface area contributed by atoms with E-state index in [0.717, 1.165) is 18.8 Å². The molecule has 4 nitrogen and oxygen atoms in total. The van der Waals surface area contributed by atoms with E-state index in [1.807, 2.05) is 31.1 Å². The third kappa shape index (κ3) is 3.37. The minimum absolute atomic E-state index is 0.315. The first kappa shape index (κ1) is 11.7. The molecule has 0 spiro atoms. The zero-order valence-corrected chi connectivity index (χ0v) is 9.64. The standard InChI is InChI=1S/C11H18N4/c1-10(4-6-12)14(2)8-5-11-13-7-9-15(11)3/h7,9-10H,4-5,8H2,1-3H3. The number of nitriles is 1. The van der Waals surface area contributed by atoms with Crippen LogP contribution in [0, 0.1) is 11.3 Å². The zero-order chi connectivity index (χ0) is 11.3. The molecule has 1 unspecified atom stereocenters. The predicted molar refractivity (Wildman–Crippen MR) is 59.2 cm³/mol. The molecule has 1 heterocycles. The fourth-order valence-electron chi connectivity index (χ4n) is 1.42. The first-order valence-electron chi connectivity index (χ1n) is 5.18. The van der Waals surface area contributed by atoms with Crippen molar-refractivity contribution < 1.29 is 0 Å². The highest BCUT2D eigenvalue weighted by atomic mass is 15.1. The van der Waals surface area contributed by atoms with Gasteiger partial charge in [-0.3, -0.25) is 0 Å². The molecular formula is C11H18N4. The highest BCUT2D eigenvalue weighted by molar-refractivity contribution is 4.92. The van der Waals surface area contributed by atoms with Crippen LogP contribution in [-0.4, -0.2) is 34.1 Å². The lowest BCUT2D eigenvalue weighted by atomic mass is 10.2. The second-order valence-electron chi connectivity index (χ2n) is 3.90. The molecular weight excluding hydrogens is 188 g/mol. The van der Waals surface area contributed by atoms with Gasteiger partial charge in [-0.05, 0) is 14.0 Å². The number of aromatic nitrogens is 2. The Balaban J connectivity index is 2.38. The first-order valence-corrected chi connectivity index (χ1v) is 5.18. The van der Waals surface area contributed by atoms with Crippen molar-refractivity contribution in [1.82, 2.24) is 14.5 Å².